The number of thiocarbonyl (C=S) groups is 1. The molecule has 27 heavy (non-hydrogen) atoms. The highest BCUT2D eigenvalue weighted by atomic mass is 32.1. The van der Waals surface area contributed by atoms with Crippen molar-refractivity contribution in [3.05, 3.63) is 48.5 Å². The van der Waals surface area contributed by atoms with Crippen LogP contribution in [0.3, 0.4) is 0 Å². The van der Waals surface area contributed by atoms with Crippen molar-refractivity contribution in [2.24, 2.45) is 0 Å². The van der Waals surface area contributed by atoms with Gasteiger partial charge >= 0.3 is 0 Å². The standard InChI is InChI=1S/C20H23N3O3S/c1-25-17-8-10-18(11-9-17)26-14-19(24)22-20(27)21-15-4-6-16(7-5-15)23-12-2-3-13-23/h4-11H,2-3,12-14H2,1H3,(H2,21,22,24,27). The molecular weight excluding hydrogens is 362 g/mol. The fourth-order valence-electron chi connectivity index (χ4n) is 2.88. The zero-order chi connectivity index (χ0) is 19.1. The normalized spacial score (nSPS) is 13.1. The van der Waals surface area contributed by atoms with E-state index >= 15 is 0 Å². The predicted octanol–water partition coefficient (Wildman–Crippen LogP) is 3.19. The second-order valence-corrected chi connectivity index (χ2v) is 6.62. The summed E-state index contributed by atoms with van der Waals surface area (Å²) in [5, 5.41) is 5.87. The summed E-state index contributed by atoms with van der Waals surface area (Å²) in [6, 6.07) is 15.1. The number of carbonyl (C=O) groups is 1. The first kappa shape index (κ1) is 19.0. The summed E-state index contributed by atoms with van der Waals surface area (Å²) in [5.41, 5.74) is 2.04. The van der Waals surface area contributed by atoms with Gasteiger partial charge in [0.1, 0.15) is 11.5 Å². The molecule has 142 valence electrons. The molecule has 0 aromatic heterocycles. The van der Waals surface area contributed by atoms with Crippen LogP contribution < -0.4 is 25.0 Å². The van der Waals surface area contributed by atoms with Crippen molar-refractivity contribution in [2.45, 2.75) is 12.8 Å². The summed E-state index contributed by atoms with van der Waals surface area (Å²) < 4.78 is 10.5. The Morgan fingerprint density at radius 1 is 1.04 bits per heavy atom. The van der Waals surface area contributed by atoms with E-state index in [0.29, 0.717) is 5.75 Å². The van der Waals surface area contributed by atoms with Gasteiger partial charge in [-0.25, -0.2) is 0 Å². The molecule has 1 saturated heterocycles. The van der Waals surface area contributed by atoms with E-state index in [4.69, 9.17) is 21.7 Å². The van der Waals surface area contributed by atoms with Crippen LogP contribution >= 0.6 is 12.2 Å². The van der Waals surface area contributed by atoms with Crippen molar-refractivity contribution in [2.75, 3.05) is 37.0 Å². The number of rotatable bonds is 6. The molecule has 3 rings (SSSR count). The van der Waals surface area contributed by atoms with Gasteiger partial charge in [-0.15, -0.1) is 0 Å². The predicted molar refractivity (Wildman–Crippen MR) is 111 cm³/mol. The van der Waals surface area contributed by atoms with Gasteiger partial charge in [0.25, 0.3) is 5.91 Å². The Bertz CT molecular complexity index is 772. The first-order valence-corrected chi connectivity index (χ1v) is 9.27. The SMILES string of the molecule is COc1ccc(OCC(=O)NC(=S)Nc2ccc(N3CCCC3)cc2)cc1. The molecule has 0 spiro atoms. The van der Waals surface area contributed by atoms with Crippen LogP contribution in [0.1, 0.15) is 12.8 Å². The third-order valence-corrected chi connectivity index (χ3v) is 4.48. The smallest absolute Gasteiger partial charge is 0.264 e. The van der Waals surface area contributed by atoms with Gasteiger partial charge in [-0.1, -0.05) is 0 Å². The van der Waals surface area contributed by atoms with E-state index in [2.05, 4.69) is 27.7 Å². The van der Waals surface area contributed by atoms with Gasteiger partial charge in [0, 0.05) is 24.5 Å². The number of methoxy groups -OCH3 is 1. The largest absolute Gasteiger partial charge is 0.497 e. The quantitative estimate of drug-likeness (QED) is 0.745. The molecule has 6 nitrogen and oxygen atoms in total. The Balaban J connectivity index is 1.43. The Kier molecular flexibility index (Phi) is 6.49. The molecule has 0 unspecified atom stereocenters. The van der Waals surface area contributed by atoms with Gasteiger partial charge in [0.2, 0.25) is 0 Å². The van der Waals surface area contributed by atoms with E-state index in [1.165, 1.54) is 18.5 Å². The molecule has 1 heterocycles. The molecule has 0 saturated carbocycles. The van der Waals surface area contributed by atoms with Crippen molar-refractivity contribution < 1.29 is 14.3 Å². The number of anilines is 2. The topological polar surface area (TPSA) is 62.8 Å². The fraction of sp³-hybridized carbons (Fsp3) is 0.300. The molecule has 2 aromatic rings. The summed E-state index contributed by atoms with van der Waals surface area (Å²) in [6.07, 6.45) is 2.49. The van der Waals surface area contributed by atoms with Crippen molar-refractivity contribution >= 4 is 34.6 Å². The number of amides is 1. The maximum absolute atomic E-state index is 12.0. The molecule has 2 aromatic carbocycles. The number of benzene rings is 2. The van der Waals surface area contributed by atoms with Crippen LogP contribution in [0.15, 0.2) is 48.5 Å². The van der Waals surface area contributed by atoms with E-state index in [1.54, 1.807) is 31.4 Å². The number of hydrogen-bond donors (Lipinski definition) is 2. The van der Waals surface area contributed by atoms with Crippen molar-refractivity contribution in [1.29, 1.82) is 0 Å². The van der Waals surface area contributed by atoms with Crippen LogP contribution in [0.4, 0.5) is 11.4 Å². The molecule has 1 fully saturated rings. The van der Waals surface area contributed by atoms with E-state index in [0.717, 1.165) is 24.5 Å². The zero-order valence-electron chi connectivity index (χ0n) is 15.2. The van der Waals surface area contributed by atoms with Gasteiger partial charge in [-0.05, 0) is 73.6 Å². The highest BCUT2D eigenvalue weighted by molar-refractivity contribution is 7.80. The third kappa shape index (κ3) is 5.59. The minimum atomic E-state index is -0.322. The summed E-state index contributed by atoms with van der Waals surface area (Å²) >= 11 is 5.19. The molecule has 0 bridgehead atoms. The second-order valence-electron chi connectivity index (χ2n) is 6.21. The first-order chi connectivity index (χ1) is 13.1. The van der Waals surface area contributed by atoms with Crippen LogP contribution in [0, 0.1) is 0 Å². The zero-order valence-corrected chi connectivity index (χ0v) is 16.1. The van der Waals surface area contributed by atoms with Crippen molar-refractivity contribution in [3.8, 4) is 11.5 Å². The molecule has 1 aliphatic heterocycles. The maximum atomic E-state index is 12.0. The minimum absolute atomic E-state index is 0.123. The summed E-state index contributed by atoms with van der Waals surface area (Å²) in [6.45, 7) is 2.09. The van der Waals surface area contributed by atoms with Crippen molar-refractivity contribution in [1.82, 2.24) is 5.32 Å². The van der Waals surface area contributed by atoms with Crippen LogP contribution in [0.5, 0.6) is 11.5 Å². The molecule has 7 heteroatoms. The molecule has 0 aliphatic carbocycles. The molecule has 1 amide bonds. The second kappa shape index (κ2) is 9.23. The maximum Gasteiger partial charge on any atom is 0.264 e. The Hall–Kier alpha value is -2.80. The fourth-order valence-corrected chi connectivity index (χ4v) is 3.11. The lowest BCUT2D eigenvalue weighted by molar-refractivity contribution is -0.121. The monoisotopic (exact) mass is 385 g/mol. The number of nitrogens with one attached hydrogen (secondary N) is 2. The number of ether oxygens (including phenoxy) is 2. The highest BCUT2D eigenvalue weighted by Gasteiger charge is 2.12. The molecule has 0 atom stereocenters. The molecule has 2 N–H and O–H groups in total. The average molecular weight is 385 g/mol. The van der Waals surface area contributed by atoms with Gasteiger partial charge in [-0.2, -0.15) is 0 Å². The van der Waals surface area contributed by atoms with Crippen LogP contribution in [-0.2, 0) is 4.79 Å². The number of carbonyl (C=O) groups excluding carboxylic acids is 1. The Morgan fingerprint density at radius 3 is 2.30 bits per heavy atom. The van der Waals surface area contributed by atoms with E-state index in [-0.39, 0.29) is 17.6 Å². The van der Waals surface area contributed by atoms with E-state index in [9.17, 15) is 4.79 Å². The van der Waals surface area contributed by atoms with Gasteiger partial charge in [0.05, 0.1) is 7.11 Å². The summed E-state index contributed by atoms with van der Waals surface area (Å²) in [4.78, 5) is 14.3. The Morgan fingerprint density at radius 2 is 1.67 bits per heavy atom. The average Bonchev–Trinajstić information content (AvgIpc) is 3.22. The summed E-state index contributed by atoms with van der Waals surface area (Å²) in [5.74, 6) is 0.993. The van der Waals surface area contributed by atoms with Crippen LogP contribution in [0.25, 0.3) is 0 Å². The summed E-state index contributed by atoms with van der Waals surface area (Å²) in [7, 11) is 1.59. The lowest BCUT2D eigenvalue weighted by atomic mass is 10.2. The van der Waals surface area contributed by atoms with E-state index < -0.39 is 0 Å². The lowest BCUT2D eigenvalue weighted by Crippen LogP contribution is -2.37. The van der Waals surface area contributed by atoms with Crippen LogP contribution in [-0.4, -0.2) is 37.8 Å². The Labute approximate surface area is 164 Å². The number of nitrogens with zero attached hydrogens (tertiary/aromatic N) is 1. The van der Waals surface area contributed by atoms with Gasteiger partial charge in [0.15, 0.2) is 11.7 Å². The van der Waals surface area contributed by atoms with Gasteiger partial charge < -0.3 is 19.7 Å². The third-order valence-electron chi connectivity index (χ3n) is 4.28. The molecule has 1 aliphatic rings. The van der Waals surface area contributed by atoms with Crippen molar-refractivity contribution in [3.63, 3.8) is 0 Å². The lowest BCUT2D eigenvalue weighted by Gasteiger charge is -2.18. The van der Waals surface area contributed by atoms with Gasteiger partial charge in [-0.3, -0.25) is 10.1 Å². The highest BCUT2D eigenvalue weighted by Crippen LogP contribution is 2.22. The first-order valence-electron chi connectivity index (χ1n) is 8.87. The molecule has 0 radical (unpaired) electrons. The van der Waals surface area contributed by atoms with Crippen LogP contribution in [0.2, 0.25) is 0 Å². The number of hydrogen-bond acceptors (Lipinski definition) is 5. The minimum Gasteiger partial charge on any atom is -0.497 e. The molecular formula is C20H23N3O3S. The van der Waals surface area contributed by atoms with E-state index in [1.807, 2.05) is 12.1 Å².